The van der Waals surface area contributed by atoms with Gasteiger partial charge in [-0.1, -0.05) is 30.3 Å². The van der Waals surface area contributed by atoms with Crippen molar-refractivity contribution in [2.24, 2.45) is 5.73 Å². The molecule has 106 valence electrons. The van der Waals surface area contributed by atoms with E-state index < -0.39 is 0 Å². The number of nitrogen functional groups attached to an aromatic ring is 1. The number of nitrogens with two attached hydrogens (primary N) is 1. The molecule has 3 nitrogen and oxygen atoms in total. The van der Waals surface area contributed by atoms with Crippen molar-refractivity contribution in [2.45, 2.75) is 0 Å². The summed E-state index contributed by atoms with van der Waals surface area (Å²) in [6.45, 7) is 0. The lowest BCUT2D eigenvalue weighted by Gasteiger charge is -2.04. The molecule has 0 amide bonds. The molecule has 0 radical (unpaired) electrons. The molecular weight excluding hydrogens is 298 g/mol. The van der Waals surface area contributed by atoms with E-state index >= 15 is 0 Å². The third-order valence-electron chi connectivity index (χ3n) is 3.22. The van der Waals surface area contributed by atoms with E-state index in [1.165, 1.54) is 10.8 Å². The highest BCUT2D eigenvalue weighted by Crippen LogP contribution is 2.40. The number of nitrogens with one attached hydrogen (secondary N) is 2. The summed E-state index contributed by atoms with van der Waals surface area (Å²) in [5.41, 5.74) is 7.70. The smallest absolute Gasteiger partial charge is 0.230 e. The van der Waals surface area contributed by atoms with Gasteiger partial charge in [0.15, 0.2) is 11.2 Å². The van der Waals surface area contributed by atoms with Crippen molar-refractivity contribution in [1.29, 1.82) is 5.41 Å². The molecule has 0 saturated carbocycles. The quantitative estimate of drug-likeness (QED) is 0.282. The average molecular weight is 314 g/mol. The van der Waals surface area contributed by atoms with Crippen LogP contribution in [0.2, 0.25) is 0 Å². The second-order valence-corrected chi connectivity index (χ2v) is 8.33. The second-order valence-electron chi connectivity index (χ2n) is 4.65. The molecule has 0 aliphatic rings. The standard InChI is InChI=1S/C16H16N3S2/c1-20-21-10-14(9-15(21)16(17)18)19-13-7-6-11-4-2-3-5-12(11)8-13/h2-10,19H,1H3,(H3,17,18)/q+1. The SMILES string of the molecule is CS[s+]1cc(Nc2ccc3ccccc3c2)cc1C(=N)N. The Balaban J connectivity index is 1.93. The van der Waals surface area contributed by atoms with Crippen LogP contribution in [0.15, 0.2) is 53.9 Å². The highest BCUT2D eigenvalue weighted by Gasteiger charge is 2.19. The van der Waals surface area contributed by atoms with Crippen LogP contribution in [-0.2, 0) is 0 Å². The van der Waals surface area contributed by atoms with Crippen molar-refractivity contribution >= 4 is 48.3 Å². The molecule has 1 unspecified atom stereocenters. The molecule has 0 aliphatic heterocycles. The first-order chi connectivity index (χ1) is 10.2. The largest absolute Gasteiger partial charge is 0.380 e. The molecule has 0 aliphatic carbocycles. The number of fused-ring (bicyclic) bond motifs is 1. The van der Waals surface area contributed by atoms with Gasteiger partial charge in [0, 0.05) is 18.0 Å². The Morgan fingerprint density at radius 1 is 1.10 bits per heavy atom. The van der Waals surface area contributed by atoms with Crippen LogP contribution in [-0.4, -0.2) is 12.1 Å². The summed E-state index contributed by atoms with van der Waals surface area (Å²) in [7, 11) is 1.58. The molecule has 0 spiro atoms. The van der Waals surface area contributed by atoms with Gasteiger partial charge in [0.2, 0.25) is 4.88 Å². The fourth-order valence-electron chi connectivity index (χ4n) is 2.24. The van der Waals surface area contributed by atoms with Crippen LogP contribution in [0.4, 0.5) is 11.4 Å². The Morgan fingerprint density at radius 2 is 1.86 bits per heavy atom. The van der Waals surface area contributed by atoms with Gasteiger partial charge in [-0.05, 0) is 22.9 Å². The molecule has 1 heterocycles. The predicted octanol–water partition coefficient (Wildman–Crippen LogP) is 4.74. The molecule has 1 aromatic heterocycles. The monoisotopic (exact) mass is 314 g/mol. The summed E-state index contributed by atoms with van der Waals surface area (Å²) < 4.78 is 0. The molecule has 3 aromatic rings. The van der Waals surface area contributed by atoms with E-state index in [-0.39, 0.29) is 15.3 Å². The molecule has 4 N–H and O–H groups in total. The maximum Gasteiger partial charge on any atom is 0.230 e. The molecule has 0 bridgehead atoms. The Hall–Kier alpha value is -1.98. The molecule has 3 rings (SSSR count). The predicted molar refractivity (Wildman–Crippen MR) is 96.1 cm³/mol. The zero-order valence-corrected chi connectivity index (χ0v) is 13.2. The summed E-state index contributed by atoms with van der Waals surface area (Å²) in [5.74, 6) is 0.152. The van der Waals surface area contributed by atoms with Crippen LogP contribution in [0.5, 0.6) is 0 Å². The van der Waals surface area contributed by atoms with Crippen molar-refractivity contribution in [1.82, 2.24) is 0 Å². The van der Waals surface area contributed by atoms with Gasteiger partial charge in [-0.15, -0.1) is 0 Å². The van der Waals surface area contributed by atoms with Gasteiger partial charge in [0.25, 0.3) is 0 Å². The molecule has 0 saturated heterocycles. The van der Waals surface area contributed by atoms with Crippen LogP contribution in [0.25, 0.3) is 10.8 Å². The van der Waals surface area contributed by atoms with Gasteiger partial charge in [-0.2, -0.15) is 0 Å². The topological polar surface area (TPSA) is 61.9 Å². The Kier molecular flexibility index (Phi) is 3.86. The van der Waals surface area contributed by atoms with Gasteiger partial charge >= 0.3 is 0 Å². The molecule has 5 heteroatoms. The van der Waals surface area contributed by atoms with Crippen molar-refractivity contribution < 1.29 is 0 Å². The fourth-order valence-corrected chi connectivity index (χ4v) is 5.01. The van der Waals surface area contributed by atoms with Crippen LogP contribution >= 0.6 is 20.3 Å². The normalized spacial score (nSPS) is 11.6. The zero-order chi connectivity index (χ0) is 14.8. The summed E-state index contributed by atoms with van der Waals surface area (Å²) in [4.78, 5) is 0.894. The van der Waals surface area contributed by atoms with E-state index in [4.69, 9.17) is 11.1 Å². The first-order valence-electron chi connectivity index (χ1n) is 6.48. The lowest BCUT2D eigenvalue weighted by molar-refractivity contribution is 1.45. The van der Waals surface area contributed by atoms with Gasteiger partial charge < -0.3 is 11.1 Å². The number of amidine groups is 1. The Labute approximate surface area is 130 Å². The van der Waals surface area contributed by atoms with Gasteiger partial charge in [-0.25, -0.2) is 0 Å². The molecule has 21 heavy (non-hydrogen) atoms. The minimum absolute atomic E-state index is 0.129. The molecule has 1 atom stereocenters. The van der Waals surface area contributed by atoms with E-state index in [0.29, 0.717) is 0 Å². The van der Waals surface area contributed by atoms with Crippen LogP contribution in [0.3, 0.4) is 0 Å². The lowest BCUT2D eigenvalue weighted by Crippen LogP contribution is -2.09. The van der Waals surface area contributed by atoms with Crippen LogP contribution in [0, 0.1) is 5.41 Å². The van der Waals surface area contributed by atoms with Gasteiger partial charge in [0.1, 0.15) is 10.8 Å². The van der Waals surface area contributed by atoms with E-state index in [1.54, 1.807) is 10.8 Å². The number of hydrogen-bond donors (Lipinski definition) is 3. The second kappa shape index (κ2) is 5.79. The maximum absolute atomic E-state index is 7.64. The zero-order valence-electron chi connectivity index (χ0n) is 11.6. The van der Waals surface area contributed by atoms with Crippen molar-refractivity contribution in [2.75, 3.05) is 11.6 Å². The summed E-state index contributed by atoms with van der Waals surface area (Å²) >= 11 is 0. The van der Waals surface area contributed by atoms with Gasteiger partial charge in [0.05, 0.1) is 15.2 Å². The third kappa shape index (κ3) is 2.89. The van der Waals surface area contributed by atoms with Crippen molar-refractivity contribution in [3.63, 3.8) is 0 Å². The number of hydrogen-bond acceptors (Lipinski definition) is 3. The van der Waals surface area contributed by atoms with Gasteiger partial charge in [-0.3, -0.25) is 5.41 Å². The minimum Gasteiger partial charge on any atom is -0.380 e. The molecular formula is C16H16N3S2+. The van der Waals surface area contributed by atoms with Crippen LogP contribution < -0.4 is 11.1 Å². The maximum atomic E-state index is 7.64. The summed E-state index contributed by atoms with van der Waals surface area (Å²) in [6.07, 6.45) is 2.04. The number of anilines is 2. The van der Waals surface area contributed by atoms with E-state index in [0.717, 1.165) is 16.3 Å². The Bertz CT molecular complexity index is 808. The number of thiophene rings is 1. The molecule has 0 fully saturated rings. The molecule has 2 aromatic carbocycles. The highest BCUT2D eigenvalue weighted by atomic mass is 33.1. The van der Waals surface area contributed by atoms with E-state index in [2.05, 4.69) is 41.0 Å². The fraction of sp³-hybridized carbons (Fsp3) is 0.0625. The van der Waals surface area contributed by atoms with Crippen LogP contribution in [0.1, 0.15) is 4.88 Å². The van der Waals surface area contributed by atoms with Crippen molar-refractivity contribution in [3.05, 3.63) is 58.8 Å². The van der Waals surface area contributed by atoms with E-state index in [9.17, 15) is 0 Å². The minimum atomic E-state index is -0.129. The summed E-state index contributed by atoms with van der Waals surface area (Å²) in [6, 6.07) is 16.6. The van der Waals surface area contributed by atoms with E-state index in [1.807, 2.05) is 24.5 Å². The lowest BCUT2D eigenvalue weighted by atomic mass is 10.1. The first kappa shape index (κ1) is 14.0. The first-order valence-corrected chi connectivity index (χ1v) is 9.51. The van der Waals surface area contributed by atoms with Crippen molar-refractivity contribution in [3.8, 4) is 0 Å². The number of rotatable bonds is 4. The average Bonchev–Trinajstić information content (AvgIpc) is 2.90. The highest BCUT2D eigenvalue weighted by molar-refractivity contribution is 8.45. The summed E-state index contributed by atoms with van der Waals surface area (Å²) in [5, 5.41) is 15.6. The Morgan fingerprint density at radius 3 is 2.52 bits per heavy atom. The number of benzene rings is 2. The third-order valence-corrected chi connectivity index (χ3v) is 6.72.